The molecule has 1 nitrogen and oxygen atoms in total. The maximum Gasteiger partial charge on any atom is 0.150 e. The lowest BCUT2D eigenvalue weighted by molar-refractivity contribution is 0.112. The summed E-state index contributed by atoms with van der Waals surface area (Å²) in [7, 11) is 0. The Labute approximate surface area is 89.3 Å². The van der Waals surface area contributed by atoms with Gasteiger partial charge in [0, 0.05) is 5.56 Å². The number of benzene rings is 1. The van der Waals surface area contributed by atoms with E-state index in [2.05, 4.69) is 0 Å². The molecular formula is C13H15FO. The molecule has 0 spiro atoms. The van der Waals surface area contributed by atoms with Crippen LogP contribution in [0.4, 0.5) is 4.39 Å². The molecule has 1 unspecified atom stereocenters. The van der Waals surface area contributed by atoms with E-state index in [1.807, 2.05) is 0 Å². The van der Waals surface area contributed by atoms with E-state index < -0.39 is 6.17 Å². The lowest BCUT2D eigenvalue weighted by atomic mass is 9.95. The largest absolute Gasteiger partial charge is 0.298 e. The van der Waals surface area contributed by atoms with Crippen LogP contribution >= 0.6 is 0 Å². The Morgan fingerprint density at radius 1 is 1.20 bits per heavy atom. The predicted octanol–water partition coefficient (Wildman–Crippen LogP) is 3.70. The average Bonchev–Trinajstić information content (AvgIpc) is 2.82. The minimum absolute atomic E-state index is 0.187. The van der Waals surface area contributed by atoms with Gasteiger partial charge in [-0.05, 0) is 24.3 Å². The highest BCUT2D eigenvalue weighted by atomic mass is 19.1. The molecule has 1 atom stereocenters. The number of alkyl halides is 1. The molecule has 80 valence electrons. The maximum absolute atomic E-state index is 14.0. The SMILES string of the molecule is O=Cc1ccc(C(F)C2CCCC2)cc1. The van der Waals surface area contributed by atoms with Crippen LogP contribution in [0, 0.1) is 5.92 Å². The van der Waals surface area contributed by atoms with Crippen LogP contribution < -0.4 is 0 Å². The summed E-state index contributed by atoms with van der Waals surface area (Å²) in [6.07, 6.45) is 4.22. The van der Waals surface area contributed by atoms with Crippen molar-refractivity contribution >= 4 is 6.29 Å². The van der Waals surface area contributed by atoms with Crippen molar-refractivity contribution in [3.05, 3.63) is 35.4 Å². The van der Waals surface area contributed by atoms with Gasteiger partial charge in [-0.2, -0.15) is 0 Å². The van der Waals surface area contributed by atoms with E-state index in [9.17, 15) is 9.18 Å². The Kier molecular flexibility index (Phi) is 3.14. The van der Waals surface area contributed by atoms with Crippen LogP contribution in [0.3, 0.4) is 0 Å². The van der Waals surface area contributed by atoms with E-state index in [1.165, 1.54) is 0 Å². The van der Waals surface area contributed by atoms with Gasteiger partial charge in [-0.1, -0.05) is 37.1 Å². The molecule has 1 aromatic rings. The van der Waals surface area contributed by atoms with Gasteiger partial charge in [0.25, 0.3) is 0 Å². The zero-order chi connectivity index (χ0) is 10.7. The van der Waals surface area contributed by atoms with Gasteiger partial charge in [-0.25, -0.2) is 4.39 Å². The molecule has 2 heteroatoms. The van der Waals surface area contributed by atoms with Gasteiger partial charge < -0.3 is 0 Å². The molecule has 1 fully saturated rings. The zero-order valence-electron chi connectivity index (χ0n) is 8.66. The standard InChI is InChI=1S/C13H15FO/c14-13(11-3-1-2-4-11)12-7-5-10(9-15)6-8-12/h5-9,11,13H,1-4H2. The van der Waals surface area contributed by atoms with Crippen molar-refractivity contribution in [1.29, 1.82) is 0 Å². The van der Waals surface area contributed by atoms with E-state index in [-0.39, 0.29) is 5.92 Å². The fourth-order valence-electron chi connectivity index (χ4n) is 2.28. The smallest absolute Gasteiger partial charge is 0.150 e. The molecule has 0 N–H and O–H groups in total. The van der Waals surface area contributed by atoms with Crippen LogP contribution in [0.25, 0.3) is 0 Å². The fraction of sp³-hybridized carbons (Fsp3) is 0.462. The van der Waals surface area contributed by atoms with E-state index in [1.54, 1.807) is 24.3 Å². The number of rotatable bonds is 3. The molecule has 0 saturated heterocycles. The molecule has 0 aliphatic heterocycles. The van der Waals surface area contributed by atoms with Crippen LogP contribution in [-0.2, 0) is 0 Å². The monoisotopic (exact) mass is 206 g/mol. The maximum atomic E-state index is 14.0. The van der Waals surface area contributed by atoms with Crippen LogP contribution in [0.1, 0.15) is 47.8 Å². The van der Waals surface area contributed by atoms with Crippen molar-refractivity contribution in [3.63, 3.8) is 0 Å². The minimum atomic E-state index is -0.854. The third-order valence-corrected chi connectivity index (χ3v) is 3.20. The first-order valence-corrected chi connectivity index (χ1v) is 5.50. The molecule has 15 heavy (non-hydrogen) atoms. The third-order valence-electron chi connectivity index (χ3n) is 3.20. The molecular weight excluding hydrogens is 191 g/mol. The van der Waals surface area contributed by atoms with Crippen LogP contribution in [-0.4, -0.2) is 6.29 Å². The summed E-state index contributed by atoms with van der Waals surface area (Å²) in [5.74, 6) is 0.187. The Hall–Kier alpha value is -1.18. The highest BCUT2D eigenvalue weighted by Crippen LogP contribution is 2.38. The van der Waals surface area contributed by atoms with Gasteiger partial charge in [0.2, 0.25) is 0 Å². The van der Waals surface area contributed by atoms with Gasteiger partial charge >= 0.3 is 0 Å². The van der Waals surface area contributed by atoms with E-state index in [4.69, 9.17) is 0 Å². The van der Waals surface area contributed by atoms with E-state index in [0.29, 0.717) is 11.1 Å². The molecule has 0 bridgehead atoms. The number of carbonyl (C=O) groups excluding carboxylic acids is 1. The molecule has 1 saturated carbocycles. The van der Waals surface area contributed by atoms with Gasteiger partial charge in [-0.15, -0.1) is 0 Å². The quantitative estimate of drug-likeness (QED) is 0.689. The predicted molar refractivity (Wildman–Crippen MR) is 57.6 cm³/mol. The van der Waals surface area contributed by atoms with E-state index in [0.717, 1.165) is 32.0 Å². The Bertz CT molecular complexity index is 325. The fourth-order valence-corrected chi connectivity index (χ4v) is 2.28. The lowest BCUT2D eigenvalue weighted by Crippen LogP contribution is -2.04. The number of halogens is 1. The van der Waals surface area contributed by atoms with Crippen molar-refractivity contribution < 1.29 is 9.18 Å². The first-order valence-electron chi connectivity index (χ1n) is 5.50. The second-order valence-electron chi connectivity index (χ2n) is 4.23. The van der Waals surface area contributed by atoms with Gasteiger partial charge in [-0.3, -0.25) is 4.79 Å². The molecule has 0 radical (unpaired) electrons. The van der Waals surface area contributed by atoms with Crippen LogP contribution in [0.15, 0.2) is 24.3 Å². The molecule has 0 aromatic heterocycles. The summed E-state index contributed by atoms with van der Waals surface area (Å²) < 4.78 is 14.0. The first-order chi connectivity index (χ1) is 7.31. The number of carbonyl (C=O) groups is 1. The van der Waals surface area contributed by atoms with Gasteiger partial charge in [0.05, 0.1) is 0 Å². The highest BCUT2D eigenvalue weighted by molar-refractivity contribution is 5.74. The topological polar surface area (TPSA) is 17.1 Å². The second-order valence-corrected chi connectivity index (χ2v) is 4.23. The second kappa shape index (κ2) is 4.56. The summed E-state index contributed by atoms with van der Waals surface area (Å²) in [5, 5.41) is 0. The van der Waals surface area contributed by atoms with Crippen molar-refractivity contribution in [3.8, 4) is 0 Å². The summed E-state index contributed by atoms with van der Waals surface area (Å²) in [4.78, 5) is 10.5. The third kappa shape index (κ3) is 2.25. The Morgan fingerprint density at radius 3 is 2.33 bits per heavy atom. The van der Waals surface area contributed by atoms with Crippen LogP contribution in [0.2, 0.25) is 0 Å². The number of aldehydes is 1. The van der Waals surface area contributed by atoms with Crippen molar-refractivity contribution in [2.24, 2.45) is 5.92 Å². The first kappa shape index (κ1) is 10.3. The summed E-state index contributed by atoms with van der Waals surface area (Å²) >= 11 is 0. The molecule has 1 aliphatic rings. The molecule has 0 heterocycles. The molecule has 2 rings (SSSR count). The Balaban J connectivity index is 2.10. The highest BCUT2D eigenvalue weighted by Gasteiger charge is 2.25. The molecule has 1 aromatic carbocycles. The zero-order valence-corrected chi connectivity index (χ0v) is 8.66. The number of hydrogen-bond acceptors (Lipinski definition) is 1. The van der Waals surface area contributed by atoms with Crippen molar-refractivity contribution in [2.45, 2.75) is 31.9 Å². The molecule has 0 amide bonds. The summed E-state index contributed by atoms with van der Waals surface area (Å²) in [5.41, 5.74) is 1.32. The van der Waals surface area contributed by atoms with E-state index >= 15 is 0 Å². The average molecular weight is 206 g/mol. The normalized spacial score (nSPS) is 19.0. The van der Waals surface area contributed by atoms with Crippen molar-refractivity contribution in [2.75, 3.05) is 0 Å². The van der Waals surface area contributed by atoms with Crippen molar-refractivity contribution in [1.82, 2.24) is 0 Å². The lowest BCUT2D eigenvalue weighted by Gasteiger charge is -2.15. The van der Waals surface area contributed by atoms with Crippen LogP contribution in [0.5, 0.6) is 0 Å². The van der Waals surface area contributed by atoms with Gasteiger partial charge in [0.15, 0.2) is 0 Å². The Morgan fingerprint density at radius 2 is 1.80 bits per heavy atom. The molecule has 1 aliphatic carbocycles. The summed E-state index contributed by atoms with van der Waals surface area (Å²) in [6, 6.07) is 6.83. The number of hydrogen-bond donors (Lipinski definition) is 0. The summed E-state index contributed by atoms with van der Waals surface area (Å²) in [6.45, 7) is 0. The minimum Gasteiger partial charge on any atom is -0.298 e. The van der Waals surface area contributed by atoms with Gasteiger partial charge in [0.1, 0.15) is 12.5 Å².